The van der Waals surface area contributed by atoms with Crippen LogP contribution >= 0.6 is 22.6 Å². The molecule has 16 heavy (non-hydrogen) atoms. The number of aryl methyl sites for hydroxylation is 2. The molecule has 0 aliphatic heterocycles. The SMILES string of the molecule is Cc1noc(C)c1CNc1ncncc1I. The van der Waals surface area contributed by atoms with Crippen LogP contribution in [0.2, 0.25) is 0 Å². The molecule has 0 bridgehead atoms. The van der Waals surface area contributed by atoms with Gasteiger partial charge in [-0.2, -0.15) is 0 Å². The minimum absolute atomic E-state index is 0.661. The molecule has 2 aromatic rings. The Bertz CT molecular complexity index is 478. The third kappa shape index (κ3) is 2.31. The highest BCUT2D eigenvalue weighted by Gasteiger charge is 2.09. The zero-order valence-electron chi connectivity index (χ0n) is 8.99. The Labute approximate surface area is 107 Å². The lowest BCUT2D eigenvalue weighted by Crippen LogP contribution is -2.04. The largest absolute Gasteiger partial charge is 0.365 e. The van der Waals surface area contributed by atoms with Crippen LogP contribution in [0.25, 0.3) is 0 Å². The van der Waals surface area contributed by atoms with Gasteiger partial charge in [-0.3, -0.25) is 0 Å². The monoisotopic (exact) mass is 330 g/mol. The predicted molar refractivity (Wildman–Crippen MR) is 68.1 cm³/mol. The van der Waals surface area contributed by atoms with E-state index in [2.05, 4.69) is 43.0 Å². The maximum Gasteiger partial charge on any atom is 0.143 e. The summed E-state index contributed by atoms with van der Waals surface area (Å²) in [7, 11) is 0. The Hall–Kier alpha value is -1.18. The lowest BCUT2D eigenvalue weighted by molar-refractivity contribution is 0.392. The molecule has 0 saturated heterocycles. The van der Waals surface area contributed by atoms with Crippen molar-refractivity contribution in [3.8, 4) is 0 Å². The second-order valence-electron chi connectivity index (χ2n) is 3.38. The van der Waals surface area contributed by atoms with Crippen LogP contribution in [0, 0.1) is 17.4 Å². The Kier molecular flexibility index (Phi) is 3.37. The summed E-state index contributed by atoms with van der Waals surface area (Å²) >= 11 is 2.19. The summed E-state index contributed by atoms with van der Waals surface area (Å²) in [6, 6.07) is 0. The third-order valence-corrected chi connectivity index (χ3v) is 3.07. The number of hydrogen-bond acceptors (Lipinski definition) is 5. The van der Waals surface area contributed by atoms with Gasteiger partial charge in [0.2, 0.25) is 0 Å². The average molecular weight is 330 g/mol. The molecule has 1 N–H and O–H groups in total. The molecular formula is C10H11IN4O. The molecule has 0 atom stereocenters. The van der Waals surface area contributed by atoms with Crippen LogP contribution in [-0.2, 0) is 6.54 Å². The maximum absolute atomic E-state index is 5.09. The van der Waals surface area contributed by atoms with E-state index in [4.69, 9.17) is 4.52 Å². The van der Waals surface area contributed by atoms with Crippen molar-refractivity contribution in [3.05, 3.63) is 33.1 Å². The molecule has 0 aliphatic carbocycles. The van der Waals surface area contributed by atoms with E-state index in [0.29, 0.717) is 6.54 Å². The van der Waals surface area contributed by atoms with Gasteiger partial charge in [0, 0.05) is 18.3 Å². The summed E-state index contributed by atoms with van der Waals surface area (Å²) in [6.07, 6.45) is 3.29. The number of halogens is 1. The number of hydrogen-bond donors (Lipinski definition) is 1. The highest BCUT2D eigenvalue weighted by Crippen LogP contribution is 2.17. The van der Waals surface area contributed by atoms with Crippen LogP contribution in [0.15, 0.2) is 17.0 Å². The van der Waals surface area contributed by atoms with Gasteiger partial charge < -0.3 is 9.84 Å². The molecule has 2 heterocycles. The Morgan fingerprint density at radius 3 is 2.88 bits per heavy atom. The maximum atomic E-state index is 5.09. The summed E-state index contributed by atoms with van der Waals surface area (Å²) in [4.78, 5) is 8.09. The molecular weight excluding hydrogens is 319 g/mol. The molecule has 0 saturated carbocycles. The van der Waals surface area contributed by atoms with E-state index in [-0.39, 0.29) is 0 Å². The van der Waals surface area contributed by atoms with Gasteiger partial charge in [-0.25, -0.2) is 9.97 Å². The second kappa shape index (κ2) is 4.77. The molecule has 0 spiro atoms. The standard InChI is InChI=1S/C10H11IN4O/c1-6-8(7(2)16-15-6)3-13-10-9(11)4-12-5-14-10/h4-5H,3H2,1-2H3,(H,12,13,14). The Balaban J connectivity index is 2.11. The fourth-order valence-electron chi connectivity index (χ4n) is 1.37. The molecule has 0 amide bonds. The van der Waals surface area contributed by atoms with Gasteiger partial charge in [-0.1, -0.05) is 5.16 Å². The minimum atomic E-state index is 0.661. The smallest absolute Gasteiger partial charge is 0.143 e. The molecule has 0 unspecified atom stereocenters. The normalized spacial score (nSPS) is 10.4. The van der Waals surface area contributed by atoms with Crippen molar-refractivity contribution in [2.75, 3.05) is 5.32 Å². The van der Waals surface area contributed by atoms with Crippen LogP contribution in [0.3, 0.4) is 0 Å². The number of nitrogens with zero attached hydrogens (tertiary/aromatic N) is 3. The summed E-state index contributed by atoms with van der Waals surface area (Å²) < 4.78 is 6.08. The van der Waals surface area contributed by atoms with Crippen LogP contribution in [0.1, 0.15) is 17.0 Å². The van der Waals surface area contributed by atoms with Crippen molar-refractivity contribution >= 4 is 28.4 Å². The second-order valence-corrected chi connectivity index (χ2v) is 4.54. The van der Waals surface area contributed by atoms with E-state index in [1.165, 1.54) is 6.33 Å². The number of rotatable bonds is 3. The number of nitrogens with one attached hydrogen (secondary N) is 1. The van der Waals surface area contributed by atoms with Crippen LogP contribution < -0.4 is 5.32 Å². The molecule has 2 rings (SSSR count). The van der Waals surface area contributed by atoms with Crippen molar-refractivity contribution in [2.24, 2.45) is 0 Å². The van der Waals surface area contributed by atoms with E-state index in [1.54, 1.807) is 6.20 Å². The molecule has 6 heteroatoms. The van der Waals surface area contributed by atoms with Crippen molar-refractivity contribution in [1.82, 2.24) is 15.1 Å². The first-order valence-electron chi connectivity index (χ1n) is 4.79. The van der Waals surface area contributed by atoms with E-state index in [0.717, 1.165) is 26.4 Å². The van der Waals surface area contributed by atoms with Gasteiger partial charge in [-0.15, -0.1) is 0 Å². The van der Waals surface area contributed by atoms with Crippen molar-refractivity contribution < 1.29 is 4.52 Å². The van der Waals surface area contributed by atoms with Gasteiger partial charge in [0.15, 0.2) is 0 Å². The van der Waals surface area contributed by atoms with Crippen molar-refractivity contribution in [1.29, 1.82) is 0 Å². The van der Waals surface area contributed by atoms with E-state index < -0.39 is 0 Å². The van der Waals surface area contributed by atoms with Gasteiger partial charge >= 0.3 is 0 Å². The molecule has 0 aliphatic rings. The summed E-state index contributed by atoms with van der Waals surface area (Å²) in [6.45, 7) is 4.49. The third-order valence-electron chi connectivity index (χ3n) is 2.28. The highest BCUT2D eigenvalue weighted by molar-refractivity contribution is 14.1. The lowest BCUT2D eigenvalue weighted by atomic mass is 10.2. The highest BCUT2D eigenvalue weighted by atomic mass is 127. The molecule has 5 nitrogen and oxygen atoms in total. The minimum Gasteiger partial charge on any atom is -0.365 e. The number of aromatic nitrogens is 3. The van der Waals surface area contributed by atoms with Crippen LogP contribution in [0.5, 0.6) is 0 Å². The Morgan fingerprint density at radius 2 is 2.25 bits per heavy atom. The van der Waals surface area contributed by atoms with Crippen LogP contribution in [0.4, 0.5) is 5.82 Å². The van der Waals surface area contributed by atoms with Crippen molar-refractivity contribution in [2.45, 2.75) is 20.4 Å². The summed E-state index contributed by atoms with van der Waals surface area (Å²) in [5.74, 6) is 1.67. The van der Waals surface area contributed by atoms with Gasteiger partial charge in [0.05, 0.1) is 9.26 Å². The molecule has 0 fully saturated rings. The Morgan fingerprint density at radius 1 is 1.44 bits per heavy atom. The molecule has 84 valence electrons. The van der Waals surface area contributed by atoms with E-state index in [1.807, 2.05) is 13.8 Å². The van der Waals surface area contributed by atoms with Gasteiger partial charge in [-0.05, 0) is 36.4 Å². The van der Waals surface area contributed by atoms with Crippen molar-refractivity contribution in [3.63, 3.8) is 0 Å². The lowest BCUT2D eigenvalue weighted by Gasteiger charge is -2.05. The van der Waals surface area contributed by atoms with E-state index in [9.17, 15) is 0 Å². The van der Waals surface area contributed by atoms with E-state index >= 15 is 0 Å². The molecule has 2 aromatic heterocycles. The first-order chi connectivity index (χ1) is 7.68. The van der Waals surface area contributed by atoms with Crippen LogP contribution in [-0.4, -0.2) is 15.1 Å². The summed E-state index contributed by atoms with van der Waals surface area (Å²) in [5, 5.41) is 7.14. The van der Waals surface area contributed by atoms with Gasteiger partial charge in [0.25, 0.3) is 0 Å². The summed E-state index contributed by atoms with van der Waals surface area (Å²) in [5.41, 5.74) is 1.99. The fraction of sp³-hybridized carbons (Fsp3) is 0.300. The first kappa shape index (κ1) is 11.3. The van der Waals surface area contributed by atoms with Gasteiger partial charge in [0.1, 0.15) is 17.9 Å². The number of anilines is 1. The average Bonchev–Trinajstić information content (AvgIpc) is 2.58. The fourth-order valence-corrected chi connectivity index (χ4v) is 1.86. The zero-order chi connectivity index (χ0) is 11.5. The topological polar surface area (TPSA) is 63.8 Å². The quantitative estimate of drug-likeness (QED) is 0.875. The zero-order valence-corrected chi connectivity index (χ0v) is 11.1. The molecule has 0 radical (unpaired) electrons. The molecule has 0 aromatic carbocycles. The predicted octanol–water partition coefficient (Wildman–Crippen LogP) is 2.30. The first-order valence-corrected chi connectivity index (χ1v) is 5.87.